The fourth-order valence-corrected chi connectivity index (χ4v) is 5.46. The molecule has 0 saturated heterocycles. The lowest BCUT2D eigenvalue weighted by Crippen LogP contribution is -2.48. The molecule has 3 aromatic rings. The molecule has 0 aliphatic carbocycles. The van der Waals surface area contributed by atoms with E-state index in [0.29, 0.717) is 22.1 Å². The van der Waals surface area contributed by atoms with Gasteiger partial charge in [0.25, 0.3) is 5.91 Å². The Balaban J connectivity index is 1.47. The summed E-state index contributed by atoms with van der Waals surface area (Å²) in [6.45, 7) is 1.79. The zero-order valence-corrected chi connectivity index (χ0v) is 20.5. The summed E-state index contributed by atoms with van der Waals surface area (Å²) in [5.74, 6) is 0.688. The van der Waals surface area contributed by atoms with Crippen LogP contribution in [0, 0.1) is 6.92 Å². The molecular formula is C24H23ClN2O4S2. The number of rotatable bonds is 6. The number of amides is 1. The Bertz CT molecular complexity index is 1280. The van der Waals surface area contributed by atoms with Crippen LogP contribution in [-0.2, 0) is 20.6 Å². The molecular weight excluding hydrogens is 480 g/mol. The molecule has 0 unspecified atom stereocenters. The topological polar surface area (TPSA) is 75.7 Å². The van der Waals surface area contributed by atoms with E-state index in [-0.39, 0.29) is 6.54 Å². The molecule has 0 fully saturated rings. The maximum atomic E-state index is 13.0. The molecule has 0 radical (unpaired) electrons. The van der Waals surface area contributed by atoms with Crippen LogP contribution in [0.5, 0.6) is 5.75 Å². The predicted molar refractivity (Wildman–Crippen MR) is 134 cm³/mol. The number of sulfonamides is 1. The molecule has 1 N–H and O–H groups in total. The molecule has 172 valence electrons. The first-order valence-electron chi connectivity index (χ1n) is 10.2. The Morgan fingerprint density at radius 1 is 1.15 bits per heavy atom. The van der Waals surface area contributed by atoms with Gasteiger partial charge in [0, 0.05) is 21.4 Å². The SMILES string of the molecule is Cc1cc(CSc2ccccc2)ccc1NC(=O)[C@@H]1CN(S(C)(=O)=O)c2cc(Cl)ccc2O1. The Hall–Kier alpha value is -2.68. The van der Waals surface area contributed by atoms with E-state index < -0.39 is 22.0 Å². The lowest BCUT2D eigenvalue weighted by molar-refractivity contribution is -0.122. The van der Waals surface area contributed by atoms with Crippen LogP contribution in [0.4, 0.5) is 11.4 Å². The molecule has 0 spiro atoms. The standard InChI is InChI=1S/C24H23ClN2O4S2/c1-16-12-17(15-32-19-6-4-3-5-7-19)8-10-20(16)26-24(28)23-14-27(33(2,29)30)21-13-18(25)9-11-22(21)31-23/h3-13,23H,14-15H2,1-2H3,(H,26,28)/t23-/m0/s1. The number of hydrogen-bond donors (Lipinski definition) is 1. The number of hydrogen-bond acceptors (Lipinski definition) is 5. The van der Waals surface area contributed by atoms with Crippen molar-refractivity contribution in [1.82, 2.24) is 0 Å². The van der Waals surface area contributed by atoms with E-state index in [0.717, 1.165) is 27.4 Å². The Morgan fingerprint density at radius 3 is 2.61 bits per heavy atom. The Morgan fingerprint density at radius 2 is 1.91 bits per heavy atom. The first-order chi connectivity index (χ1) is 15.7. The van der Waals surface area contributed by atoms with Crippen molar-refractivity contribution in [3.63, 3.8) is 0 Å². The molecule has 0 bridgehead atoms. The van der Waals surface area contributed by atoms with Gasteiger partial charge in [-0.05, 0) is 54.4 Å². The normalized spacial score (nSPS) is 15.5. The monoisotopic (exact) mass is 502 g/mol. The van der Waals surface area contributed by atoms with Crippen molar-refractivity contribution in [3.8, 4) is 5.75 Å². The highest BCUT2D eigenvalue weighted by Gasteiger charge is 2.35. The summed E-state index contributed by atoms with van der Waals surface area (Å²) in [6.07, 6.45) is 0.0926. The first kappa shape index (κ1) is 23.5. The van der Waals surface area contributed by atoms with E-state index in [1.807, 2.05) is 43.3 Å². The fraction of sp³-hybridized carbons (Fsp3) is 0.208. The van der Waals surface area contributed by atoms with Crippen molar-refractivity contribution >= 4 is 50.7 Å². The number of halogens is 1. The minimum Gasteiger partial charge on any atom is -0.476 e. The zero-order chi connectivity index (χ0) is 23.6. The van der Waals surface area contributed by atoms with Crippen molar-refractivity contribution in [2.45, 2.75) is 23.7 Å². The molecule has 6 nitrogen and oxygen atoms in total. The van der Waals surface area contributed by atoms with Crippen molar-refractivity contribution in [2.75, 3.05) is 22.4 Å². The second-order valence-corrected chi connectivity index (χ2v) is 11.1. The summed E-state index contributed by atoms with van der Waals surface area (Å²) < 4.78 is 31.6. The molecule has 1 aliphatic rings. The number of aryl methyl sites for hydroxylation is 1. The molecule has 1 aliphatic heterocycles. The molecule has 1 heterocycles. The third-order valence-electron chi connectivity index (χ3n) is 5.18. The van der Waals surface area contributed by atoms with Gasteiger partial charge in [-0.25, -0.2) is 8.42 Å². The molecule has 1 atom stereocenters. The number of carbonyl (C=O) groups is 1. The molecule has 3 aromatic carbocycles. The number of benzene rings is 3. The van der Waals surface area contributed by atoms with Gasteiger partial charge in [-0.15, -0.1) is 11.8 Å². The van der Waals surface area contributed by atoms with Crippen LogP contribution in [0.15, 0.2) is 71.6 Å². The van der Waals surface area contributed by atoms with Crippen LogP contribution < -0.4 is 14.4 Å². The lowest BCUT2D eigenvalue weighted by atomic mass is 10.1. The van der Waals surface area contributed by atoms with Gasteiger partial charge in [-0.1, -0.05) is 41.9 Å². The van der Waals surface area contributed by atoms with Gasteiger partial charge < -0.3 is 10.1 Å². The van der Waals surface area contributed by atoms with E-state index >= 15 is 0 Å². The van der Waals surface area contributed by atoms with Crippen molar-refractivity contribution in [1.29, 1.82) is 0 Å². The van der Waals surface area contributed by atoms with Crippen LogP contribution in [-0.4, -0.2) is 33.2 Å². The molecule has 0 aromatic heterocycles. The number of nitrogens with zero attached hydrogens (tertiary/aromatic N) is 1. The van der Waals surface area contributed by atoms with Gasteiger partial charge in [0.15, 0.2) is 6.10 Å². The van der Waals surface area contributed by atoms with Crippen molar-refractivity contribution < 1.29 is 17.9 Å². The quantitative estimate of drug-likeness (QED) is 0.474. The highest BCUT2D eigenvalue weighted by molar-refractivity contribution is 7.98. The predicted octanol–water partition coefficient (Wildman–Crippen LogP) is 5.11. The molecule has 9 heteroatoms. The minimum atomic E-state index is -3.63. The largest absolute Gasteiger partial charge is 0.476 e. The van der Waals surface area contributed by atoms with E-state index in [4.69, 9.17) is 16.3 Å². The van der Waals surface area contributed by atoms with Crippen LogP contribution in [0.1, 0.15) is 11.1 Å². The zero-order valence-electron chi connectivity index (χ0n) is 18.1. The summed E-state index contributed by atoms with van der Waals surface area (Å²) >= 11 is 7.77. The van der Waals surface area contributed by atoms with Gasteiger partial charge in [0.2, 0.25) is 10.0 Å². The smallest absolute Gasteiger partial charge is 0.267 e. The van der Waals surface area contributed by atoms with Crippen molar-refractivity contribution in [2.24, 2.45) is 0 Å². The molecule has 33 heavy (non-hydrogen) atoms. The third-order valence-corrected chi connectivity index (χ3v) is 7.65. The van der Waals surface area contributed by atoms with Gasteiger partial charge in [-0.2, -0.15) is 0 Å². The van der Waals surface area contributed by atoms with Crippen LogP contribution >= 0.6 is 23.4 Å². The first-order valence-corrected chi connectivity index (χ1v) is 13.4. The summed E-state index contributed by atoms with van der Waals surface area (Å²) in [6, 6.07) is 20.7. The van der Waals surface area contributed by atoms with Gasteiger partial charge in [0.1, 0.15) is 5.75 Å². The lowest BCUT2D eigenvalue weighted by Gasteiger charge is -2.34. The fourth-order valence-electron chi connectivity index (χ4n) is 3.53. The number of carbonyl (C=O) groups excluding carboxylic acids is 1. The van der Waals surface area contributed by atoms with Gasteiger partial charge >= 0.3 is 0 Å². The highest BCUT2D eigenvalue weighted by atomic mass is 35.5. The second-order valence-electron chi connectivity index (χ2n) is 7.75. The van der Waals surface area contributed by atoms with Crippen molar-refractivity contribution in [3.05, 3.63) is 82.9 Å². The number of anilines is 2. The summed E-state index contributed by atoms with van der Waals surface area (Å²) in [5, 5.41) is 3.26. The minimum absolute atomic E-state index is 0.136. The Kier molecular flexibility index (Phi) is 6.88. The van der Waals surface area contributed by atoms with E-state index in [2.05, 4.69) is 17.4 Å². The second kappa shape index (κ2) is 9.67. The number of ether oxygens (including phenoxy) is 1. The maximum Gasteiger partial charge on any atom is 0.267 e. The Labute approximate surface area is 203 Å². The maximum absolute atomic E-state index is 13.0. The van der Waals surface area contributed by atoms with E-state index in [1.54, 1.807) is 23.9 Å². The third kappa shape index (κ3) is 5.63. The van der Waals surface area contributed by atoms with Gasteiger partial charge in [0.05, 0.1) is 18.5 Å². The number of thioether (sulfide) groups is 1. The number of fused-ring (bicyclic) bond motifs is 1. The van der Waals surface area contributed by atoms with E-state index in [1.165, 1.54) is 11.0 Å². The summed E-state index contributed by atoms with van der Waals surface area (Å²) in [7, 11) is -3.63. The number of nitrogens with one attached hydrogen (secondary N) is 1. The molecule has 4 rings (SSSR count). The average Bonchev–Trinajstić information content (AvgIpc) is 2.78. The summed E-state index contributed by atoms with van der Waals surface area (Å²) in [5.41, 5.74) is 3.04. The summed E-state index contributed by atoms with van der Waals surface area (Å²) in [4.78, 5) is 14.2. The van der Waals surface area contributed by atoms with E-state index in [9.17, 15) is 13.2 Å². The van der Waals surface area contributed by atoms with Crippen LogP contribution in [0.25, 0.3) is 0 Å². The molecule has 0 saturated carbocycles. The highest BCUT2D eigenvalue weighted by Crippen LogP contribution is 2.37. The van der Waals surface area contributed by atoms with Gasteiger partial charge in [-0.3, -0.25) is 9.10 Å². The van der Waals surface area contributed by atoms with Crippen LogP contribution in [0.3, 0.4) is 0 Å². The molecule has 1 amide bonds. The average molecular weight is 503 g/mol. The van der Waals surface area contributed by atoms with Crippen LogP contribution in [0.2, 0.25) is 5.02 Å².